The van der Waals surface area contributed by atoms with Gasteiger partial charge < -0.3 is 4.74 Å². The Labute approximate surface area is 84.6 Å². The summed E-state index contributed by atoms with van der Waals surface area (Å²) in [4.78, 5) is 9.96. The quantitative estimate of drug-likeness (QED) is 0.577. The molecule has 0 saturated heterocycles. The van der Waals surface area contributed by atoms with Gasteiger partial charge in [-0.25, -0.2) is 0 Å². The fourth-order valence-electron chi connectivity index (χ4n) is 1.20. The number of alkyl halides is 2. The van der Waals surface area contributed by atoms with Crippen molar-refractivity contribution in [3.05, 3.63) is 33.4 Å². The van der Waals surface area contributed by atoms with E-state index in [0.717, 1.165) is 6.07 Å². The molecule has 1 aromatic rings. The molecule has 0 aliphatic rings. The van der Waals surface area contributed by atoms with Crippen LogP contribution in [0.15, 0.2) is 12.1 Å². The molecule has 0 aromatic heterocycles. The molecule has 82 valence electrons. The molecule has 0 unspecified atom stereocenters. The second-order valence-electron chi connectivity index (χ2n) is 2.97. The molecule has 0 fully saturated rings. The van der Waals surface area contributed by atoms with E-state index in [1.165, 1.54) is 19.9 Å². The maximum Gasteiger partial charge on any atom is 0.387 e. The molecule has 0 amide bonds. The molecule has 1 aromatic carbocycles. The fraction of sp³-hybridized carbons (Fsp3) is 0.333. The van der Waals surface area contributed by atoms with Gasteiger partial charge in [-0.3, -0.25) is 10.1 Å². The van der Waals surface area contributed by atoms with Gasteiger partial charge in [0.2, 0.25) is 0 Å². The van der Waals surface area contributed by atoms with E-state index >= 15 is 0 Å². The van der Waals surface area contributed by atoms with Crippen LogP contribution >= 0.6 is 0 Å². The highest BCUT2D eigenvalue weighted by molar-refractivity contribution is 5.50. The number of rotatable bonds is 3. The lowest BCUT2D eigenvalue weighted by Crippen LogP contribution is -2.05. The Kier molecular flexibility index (Phi) is 3.18. The number of halogens is 2. The Morgan fingerprint density at radius 3 is 2.40 bits per heavy atom. The van der Waals surface area contributed by atoms with Gasteiger partial charge >= 0.3 is 6.61 Å². The number of nitro groups is 1. The monoisotopic (exact) mass is 217 g/mol. The summed E-state index contributed by atoms with van der Waals surface area (Å²) in [5.74, 6) is -0.0342. The molecule has 6 heteroatoms. The summed E-state index contributed by atoms with van der Waals surface area (Å²) in [5.41, 5.74) is 0.580. The van der Waals surface area contributed by atoms with E-state index in [1.807, 2.05) is 0 Å². The standard InChI is InChI=1S/C9H9F2NO3/c1-5-6(2)8(15-9(10)11)4-3-7(5)12(13)14/h3-4,9H,1-2H3. The zero-order valence-corrected chi connectivity index (χ0v) is 8.16. The maximum atomic E-state index is 11.9. The molecule has 0 aliphatic heterocycles. The molecule has 0 bridgehead atoms. The molecule has 1 rings (SSSR count). The van der Waals surface area contributed by atoms with Crippen molar-refractivity contribution < 1.29 is 18.4 Å². The summed E-state index contributed by atoms with van der Waals surface area (Å²) in [5, 5.41) is 10.5. The van der Waals surface area contributed by atoms with Crippen LogP contribution in [0.2, 0.25) is 0 Å². The summed E-state index contributed by atoms with van der Waals surface area (Å²) in [6.45, 7) is 0.0656. The van der Waals surface area contributed by atoms with Gasteiger partial charge in [-0.1, -0.05) is 0 Å². The number of benzene rings is 1. The van der Waals surface area contributed by atoms with Gasteiger partial charge in [0.15, 0.2) is 0 Å². The van der Waals surface area contributed by atoms with Crippen LogP contribution in [0.5, 0.6) is 5.75 Å². The zero-order chi connectivity index (χ0) is 11.6. The molecular weight excluding hydrogens is 208 g/mol. The van der Waals surface area contributed by atoms with Gasteiger partial charge in [-0.05, 0) is 19.9 Å². The fourth-order valence-corrected chi connectivity index (χ4v) is 1.20. The first-order valence-corrected chi connectivity index (χ1v) is 4.13. The topological polar surface area (TPSA) is 52.4 Å². The van der Waals surface area contributed by atoms with Gasteiger partial charge in [0.1, 0.15) is 5.75 Å². The second kappa shape index (κ2) is 4.20. The lowest BCUT2D eigenvalue weighted by molar-refractivity contribution is -0.385. The van der Waals surface area contributed by atoms with Crippen LogP contribution in [0.1, 0.15) is 11.1 Å². The molecule has 0 atom stereocenters. The molecule has 0 spiro atoms. The van der Waals surface area contributed by atoms with Crippen molar-refractivity contribution in [3.63, 3.8) is 0 Å². The van der Waals surface area contributed by atoms with Crippen LogP contribution in [0.4, 0.5) is 14.5 Å². The summed E-state index contributed by atoms with van der Waals surface area (Å²) in [7, 11) is 0. The second-order valence-corrected chi connectivity index (χ2v) is 2.97. The highest BCUT2D eigenvalue weighted by Crippen LogP contribution is 2.29. The minimum Gasteiger partial charge on any atom is -0.435 e. The van der Waals surface area contributed by atoms with E-state index in [4.69, 9.17) is 0 Å². The van der Waals surface area contributed by atoms with E-state index in [1.54, 1.807) is 0 Å². The number of ether oxygens (including phenoxy) is 1. The van der Waals surface area contributed by atoms with Crippen LogP contribution in [-0.2, 0) is 0 Å². The smallest absolute Gasteiger partial charge is 0.387 e. The number of hydrogen-bond donors (Lipinski definition) is 0. The van der Waals surface area contributed by atoms with Gasteiger partial charge in [0.05, 0.1) is 4.92 Å². The van der Waals surface area contributed by atoms with Gasteiger partial charge in [0, 0.05) is 17.2 Å². The number of hydrogen-bond acceptors (Lipinski definition) is 3. The predicted molar refractivity (Wildman–Crippen MR) is 49.2 cm³/mol. The van der Waals surface area contributed by atoms with E-state index < -0.39 is 11.5 Å². The highest BCUT2D eigenvalue weighted by Gasteiger charge is 2.16. The maximum absolute atomic E-state index is 11.9. The van der Waals surface area contributed by atoms with E-state index in [0.29, 0.717) is 11.1 Å². The van der Waals surface area contributed by atoms with Crippen LogP contribution in [0.3, 0.4) is 0 Å². The average molecular weight is 217 g/mol. The van der Waals surface area contributed by atoms with Crippen LogP contribution < -0.4 is 4.74 Å². The van der Waals surface area contributed by atoms with Crippen molar-refractivity contribution in [2.24, 2.45) is 0 Å². The van der Waals surface area contributed by atoms with Crippen molar-refractivity contribution in [1.82, 2.24) is 0 Å². The Morgan fingerprint density at radius 1 is 1.33 bits per heavy atom. The van der Waals surface area contributed by atoms with Crippen molar-refractivity contribution >= 4 is 5.69 Å². The van der Waals surface area contributed by atoms with Gasteiger partial charge in [-0.2, -0.15) is 8.78 Å². The molecule has 4 nitrogen and oxygen atoms in total. The Balaban J connectivity index is 3.15. The largest absolute Gasteiger partial charge is 0.435 e. The lowest BCUT2D eigenvalue weighted by atomic mass is 10.1. The van der Waals surface area contributed by atoms with Crippen molar-refractivity contribution in [1.29, 1.82) is 0 Å². The van der Waals surface area contributed by atoms with Gasteiger partial charge in [-0.15, -0.1) is 0 Å². The SMILES string of the molecule is Cc1c(OC(F)F)ccc([N+](=O)[O-])c1C. The number of nitro benzene ring substituents is 1. The predicted octanol–water partition coefficient (Wildman–Crippen LogP) is 2.81. The molecule has 0 radical (unpaired) electrons. The van der Waals surface area contributed by atoms with E-state index in [9.17, 15) is 18.9 Å². The lowest BCUT2D eigenvalue weighted by Gasteiger charge is -2.09. The molecule has 0 heterocycles. The third-order valence-electron chi connectivity index (χ3n) is 2.12. The van der Waals surface area contributed by atoms with Crippen LogP contribution in [0, 0.1) is 24.0 Å². The van der Waals surface area contributed by atoms with Crippen LogP contribution in [-0.4, -0.2) is 11.5 Å². The van der Waals surface area contributed by atoms with Crippen molar-refractivity contribution in [2.45, 2.75) is 20.5 Å². The average Bonchev–Trinajstić information content (AvgIpc) is 2.12. The van der Waals surface area contributed by atoms with Crippen molar-refractivity contribution in [3.8, 4) is 5.75 Å². The molecule has 0 N–H and O–H groups in total. The minimum atomic E-state index is -2.93. The Hall–Kier alpha value is -1.72. The summed E-state index contributed by atoms with van der Waals surface area (Å²) in [6.07, 6.45) is 0. The van der Waals surface area contributed by atoms with Gasteiger partial charge in [0.25, 0.3) is 5.69 Å². The van der Waals surface area contributed by atoms with Crippen molar-refractivity contribution in [2.75, 3.05) is 0 Å². The highest BCUT2D eigenvalue weighted by atomic mass is 19.3. The Bertz CT molecular complexity index is 393. The molecule has 15 heavy (non-hydrogen) atoms. The Morgan fingerprint density at radius 2 is 1.93 bits per heavy atom. The van der Waals surface area contributed by atoms with E-state index in [-0.39, 0.29) is 11.4 Å². The summed E-state index contributed by atoms with van der Waals surface area (Å²) >= 11 is 0. The normalized spacial score (nSPS) is 10.5. The zero-order valence-electron chi connectivity index (χ0n) is 8.16. The first-order valence-electron chi connectivity index (χ1n) is 4.13. The summed E-state index contributed by atoms with van der Waals surface area (Å²) in [6, 6.07) is 2.33. The summed E-state index contributed by atoms with van der Waals surface area (Å²) < 4.78 is 28.1. The molecule has 0 saturated carbocycles. The first-order chi connectivity index (χ1) is 6.93. The molecular formula is C9H9F2NO3. The van der Waals surface area contributed by atoms with E-state index in [2.05, 4.69) is 4.74 Å². The van der Waals surface area contributed by atoms with Crippen LogP contribution in [0.25, 0.3) is 0 Å². The first kappa shape index (κ1) is 11.4. The number of nitrogens with zero attached hydrogens (tertiary/aromatic N) is 1. The third kappa shape index (κ3) is 2.39. The minimum absolute atomic E-state index is 0.0342. The molecule has 0 aliphatic carbocycles. The third-order valence-corrected chi connectivity index (χ3v) is 2.12.